The maximum Gasteiger partial charge on any atom is 0.417 e. The van der Waals surface area contributed by atoms with Gasteiger partial charge in [-0.15, -0.1) is 0 Å². The zero-order valence-corrected chi connectivity index (χ0v) is 13.3. The minimum Gasteiger partial charge on any atom is -0.444 e. The molecule has 0 bridgehead atoms. The number of rotatable bonds is 1. The van der Waals surface area contributed by atoms with Crippen LogP contribution in [0.3, 0.4) is 0 Å². The van der Waals surface area contributed by atoms with Crippen LogP contribution in [0.15, 0.2) is 18.3 Å². The Morgan fingerprint density at radius 1 is 1.35 bits per heavy atom. The summed E-state index contributed by atoms with van der Waals surface area (Å²) < 4.78 is 43.2. The van der Waals surface area contributed by atoms with E-state index in [1.165, 1.54) is 6.07 Å². The lowest BCUT2D eigenvalue weighted by Gasteiger charge is -2.26. The molecule has 7 heteroatoms. The molecule has 0 N–H and O–H groups in total. The number of hydrogen-bond donors (Lipinski definition) is 0. The Labute approximate surface area is 132 Å². The predicted molar refractivity (Wildman–Crippen MR) is 76.8 cm³/mol. The molecular weight excluding hydrogens is 309 g/mol. The molecule has 2 atom stereocenters. The van der Waals surface area contributed by atoms with E-state index >= 15 is 0 Å². The molecule has 0 aromatic carbocycles. The summed E-state index contributed by atoms with van der Waals surface area (Å²) in [5.41, 5.74) is -0.997. The van der Waals surface area contributed by atoms with Crippen molar-refractivity contribution >= 4 is 6.09 Å². The molecule has 1 saturated heterocycles. The first kappa shape index (κ1) is 16.1. The second kappa shape index (κ2) is 4.85. The smallest absolute Gasteiger partial charge is 0.417 e. The highest BCUT2D eigenvalue weighted by molar-refractivity contribution is 5.69. The maximum absolute atomic E-state index is 12.6. The van der Waals surface area contributed by atoms with Crippen molar-refractivity contribution in [1.29, 1.82) is 0 Å². The molecule has 126 valence electrons. The SMILES string of the molecule is CC(C)(C)OC(=O)N1CC2CC2(c2ccc(C(F)(F)F)cn2)C1. The van der Waals surface area contributed by atoms with Gasteiger partial charge in [-0.05, 0) is 45.2 Å². The molecule has 1 aromatic heterocycles. The van der Waals surface area contributed by atoms with Gasteiger partial charge in [0.25, 0.3) is 0 Å². The van der Waals surface area contributed by atoms with Gasteiger partial charge in [-0.25, -0.2) is 4.79 Å². The summed E-state index contributed by atoms with van der Waals surface area (Å²) in [4.78, 5) is 17.8. The van der Waals surface area contributed by atoms with Crippen LogP contribution in [0.1, 0.15) is 38.4 Å². The van der Waals surface area contributed by atoms with E-state index in [1.54, 1.807) is 25.7 Å². The molecule has 0 spiro atoms. The molecule has 3 rings (SSSR count). The van der Waals surface area contributed by atoms with E-state index in [2.05, 4.69) is 4.98 Å². The fourth-order valence-electron chi connectivity index (χ4n) is 3.20. The van der Waals surface area contributed by atoms with Gasteiger partial charge >= 0.3 is 12.3 Å². The second-order valence-electron chi connectivity index (χ2n) is 7.35. The summed E-state index contributed by atoms with van der Waals surface area (Å²) in [5.74, 6) is 0.249. The highest BCUT2D eigenvalue weighted by Crippen LogP contribution is 2.58. The van der Waals surface area contributed by atoms with E-state index in [0.717, 1.165) is 18.7 Å². The lowest BCUT2D eigenvalue weighted by atomic mass is 10.0. The van der Waals surface area contributed by atoms with Crippen LogP contribution in [-0.4, -0.2) is 34.7 Å². The topological polar surface area (TPSA) is 42.4 Å². The van der Waals surface area contributed by atoms with Crippen LogP contribution in [0, 0.1) is 5.92 Å². The largest absolute Gasteiger partial charge is 0.444 e. The van der Waals surface area contributed by atoms with E-state index in [0.29, 0.717) is 18.8 Å². The van der Waals surface area contributed by atoms with Crippen LogP contribution in [0.2, 0.25) is 0 Å². The number of nitrogens with zero attached hydrogens (tertiary/aromatic N) is 2. The van der Waals surface area contributed by atoms with Gasteiger partial charge in [0.2, 0.25) is 0 Å². The van der Waals surface area contributed by atoms with Crippen LogP contribution in [0.5, 0.6) is 0 Å². The lowest BCUT2D eigenvalue weighted by molar-refractivity contribution is -0.137. The third kappa shape index (κ3) is 3.01. The molecule has 1 amide bonds. The Morgan fingerprint density at radius 3 is 2.57 bits per heavy atom. The van der Waals surface area contributed by atoms with E-state index < -0.39 is 17.3 Å². The molecule has 23 heavy (non-hydrogen) atoms. The summed E-state index contributed by atoms with van der Waals surface area (Å²) in [6.07, 6.45) is -3.04. The standard InChI is InChI=1S/C16H19F3N2O2/c1-14(2,3)23-13(22)21-8-11-6-15(11,9-21)12-5-4-10(7-20-12)16(17,18)19/h4-5,7,11H,6,8-9H2,1-3H3. The number of carbonyl (C=O) groups excluding carboxylic acids is 1. The summed E-state index contributed by atoms with van der Waals surface area (Å²) in [5, 5.41) is 0. The molecule has 0 radical (unpaired) electrons. The Kier molecular flexibility index (Phi) is 3.39. The van der Waals surface area contributed by atoms with Crippen LogP contribution in [0.4, 0.5) is 18.0 Å². The van der Waals surface area contributed by atoms with Crippen LogP contribution in [0.25, 0.3) is 0 Å². The third-order valence-corrected chi connectivity index (χ3v) is 4.40. The molecule has 4 nitrogen and oxygen atoms in total. The number of piperidine rings is 1. The molecule has 2 fully saturated rings. The fourth-order valence-corrected chi connectivity index (χ4v) is 3.20. The van der Waals surface area contributed by atoms with Gasteiger partial charge in [0.1, 0.15) is 5.60 Å². The van der Waals surface area contributed by atoms with E-state index in [4.69, 9.17) is 4.74 Å². The van der Waals surface area contributed by atoms with Gasteiger partial charge in [0, 0.05) is 30.4 Å². The summed E-state index contributed by atoms with van der Waals surface area (Å²) in [6, 6.07) is 2.49. The average Bonchev–Trinajstić information content (AvgIpc) is 2.98. The minimum atomic E-state index is -4.38. The maximum atomic E-state index is 12.6. The van der Waals surface area contributed by atoms with E-state index in [1.807, 2.05) is 0 Å². The quantitative estimate of drug-likeness (QED) is 0.791. The molecular formula is C16H19F3N2O2. The number of fused-ring (bicyclic) bond motifs is 1. The van der Waals surface area contributed by atoms with E-state index in [9.17, 15) is 18.0 Å². The average molecular weight is 328 g/mol. The van der Waals surface area contributed by atoms with Crippen molar-refractivity contribution in [3.05, 3.63) is 29.6 Å². The van der Waals surface area contributed by atoms with Crippen molar-refractivity contribution in [1.82, 2.24) is 9.88 Å². The highest BCUT2D eigenvalue weighted by Gasteiger charge is 2.63. The first-order valence-electron chi connectivity index (χ1n) is 7.53. The van der Waals surface area contributed by atoms with Gasteiger partial charge in [-0.2, -0.15) is 13.2 Å². The van der Waals surface area contributed by atoms with Gasteiger partial charge in [0.05, 0.1) is 5.56 Å². The Hall–Kier alpha value is -1.79. The zero-order valence-electron chi connectivity index (χ0n) is 13.3. The number of aromatic nitrogens is 1. The number of carbonyl (C=O) groups is 1. The van der Waals surface area contributed by atoms with Gasteiger partial charge in [-0.1, -0.05) is 0 Å². The Bertz CT molecular complexity index is 622. The molecule has 1 aliphatic heterocycles. The van der Waals surface area contributed by atoms with Crippen molar-refractivity contribution in [2.75, 3.05) is 13.1 Å². The molecule has 1 aromatic rings. The first-order valence-corrected chi connectivity index (χ1v) is 7.53. The number of amides is 1. The molecule has 2 unspecified atom stereocenters. The number of halogens is 3. The molecule has 1 saturated carbocycles. The minimum absolute atomic E-state index is 0.249. The summed E-state index contributed by atoms with van der Waals surface area (Å²) in [7, 11) is 0. The third-order valence-electron chi connectivity index (χ3n) is 4.40. The van der Waals surface area contributed by atoms with Gasteiger partial charge < -0.3 is 9.64 Å². The van der Waals surface area contributed by atoms with Crippen molar-refractivity contribution in [2.45, 2.75) is 44.4 Å². The molecule has 2 aliphatic rings. The summed E-state index contributed by atoms with van der Waals surface area (Å²) in [6.45, 7) is 6.42. The summed E-state index contributed by atoms with van der Waals surface area (Å²) >= 11 is 0. The second-order valence-corrected chi connectivity index (χ2v) is 7.35. The number of ether oxygens (including phenoxy) is 1. The Morgan fingerprint density at radius 2 is 2.04 bits per heavy atom. The first-order chi connectivity index (χ1) is 10.5. The molecule has 1 aliphatic carbocycles. The number of alkyl halides is 3. The number of hydrogen-bond acceptors (Lipinski definition) is 3. The van der Waals surface area contributed by atoms with E-state index in [-0.39, 0.29) is 17.4 Å². The van der Waals surface area contributed by atoms with Crippen molar-refractivity contribution in [2.24, 2.45) is 5.92 Å². The normalized spacial score (nSPS) is 26.9. The van der Waals surface area contributed by atoms with Crippen LogP contribution in [-0.2, 0) is 16.3 Å². The van der Waals surface area contributed by atoms with Crippen molar-refractivity contribution < 1.29 is 22.7 Å². The Balaban J connectivity index is 1.72. The van der Waals surface area contributed by atoms with Gasteiger partial charge in [-0.3, -0.25) is 4.98 Å². The number of likely N-dealkylation sites (tertiary alicyclic amines) is 1. The highest BCUT2D eigenvalue weighted by atomic mass is 19.4. The van der Waals surface area contributed by atoms with Gasteiger partial charge in [0.15, 0.2) is 0 Å². The van der Waals surface area contributed by atoms with Crippen molar-refractivity contribution in [3.8, 4) is 0 Å². The number of pyridine rings is 1. The molecule has 2 heterocycles. The predicted octanol–water partition coefficient (Wildman–Crippen LogP) is 3.61. The zero-order chi connectivity index (χ0) is 17.0. The van der Waals surface area contributed by atoms with Crippen molar-refractivity contribution in [3.63, 3.8) is 0 Å². The lowest BCUT2D eigenvalue weighted by Crippen LogP contribution is -2.37. The monoisotopic (exact) mass is 328 g/mol. The van der Waals surface area contributed by atoms with Crippen LogP contribution < -0.4 is 0 Å². The van der Waals surface area contributed by atoms with Crippen LogP contribution >= 0.6 is 0 Å². The fraction of sp³-hybridized carbons (Fsp3) is 0.625.